The van der Waals surface area contributed by atoms with E-state index in [2.05, 4.69) is 40.8 Å². The van der Waals surface area contributed by atoms with Crippen molar-refractivity contribution < 1.29 is 19.1 Å². The van der Waals surface area contributed by atoms with Gasteiger partial charge in [0.2, 0.25) is 0 Å². The third kappa shape index (κ3) is 3.66. The van der Waals surface area contributed by atoms with Gasteiger partial charge in [0.15, 0.2) is 0 Å². The molecular weight excluding hydrogens is 332 g/mol. The molecule has 0 aromatic heterocycles. The lowest BCUT2D eigenvalue weighted by Gasteiger charge is -2.42. The number of carbonyl (C=O) groups is 1. The second kappa shape index (κ2) is 6.73. The number of ether oxygens (including phenoxy) is 1. The molecule has 1 rings (SSSR count). The number of hydrogen-bond acceptors (Lipinski definition) is 3. The summed E-state index contributed by atoms with van der Waals surface area (Å²) < 4.78 is 11.6. The van der Waals surface area contributed by atoms with Crippen LogP contribution in [0.25, 0.3) is 0 Å². The highest BCUT2D eigenvalue weighted by Crippen LogP contribution is 2.46. The molecule has 0 bridgehead atoms. The largest absolute Gasteiger partial charge is 0.543 e. The van der Waals surface area contributed by atoms with Crippen LogP contribution in [0.4, 0.5) is 0 Å². The summed E-state index contributed by atoms with van der Waals surface area (Å²) in [7, 11) is -0.704. The number of carboxylic acid groups (broad SMARTS) is 1. The zero-order valence-corrected chi connectivity index (χ0v) is 17.0. The van der Waals surface area contributed by atoms with E-state index < -0.39 is 14.3 Å². The zero-order valence-electron chi connectivity index (χ0n) is 15.2. The van der Waals surface area contributed by atoms with E-state index in [0.29, 0.717) is 23.0 Å². The van der Waals surface area contributed by atoms with Crippen LogP contribution >= 0.6 is 11.6 Å². The summed E-state index contributed by atoms with van der Waals surface area (Å²) in [6, 6.07) is 1.69. The van der Waals surface area contributed by atoms with Crippen LogP contribution in [0.2, 0.25) is 23.2 Å². The predicted molar refractivity (Wildman–Crippen MR) is 96.7 cm³/mol. The Labute approximate surface area is 144 Å². The molecule has 6 heteroatoms. The van der Waals surface area contributed by atoms with E-state index in [4.69, 9.17) is 20.8 Å². The second-order valence-electron chi connectivity index (χ2n) is 7.18. The van der Waals surface area contributed by atoms with Crippen LogP contribution in [0.3, 0.4) is 0 Å². The molecule has 4 nitrogen and oxygen atoms in total. The van der Waals surface area contributed by atoms with E-state index in [9.17, 15) is 9.90 Å². The highest BCUT2D eigenvalue weighted by atomic mass is 35.5. The van der Waals surface area contributed by atoms with Crippen molar-refractivity contribution in [2.45, 2.75) is 52.8 Å². The van der Waals surface area contributed by atoms with Gasteiger partial charge in [-0.05, 0) is 31.0 Å². The van der Waals surface area contributed by atoms with Gasteiger partial charge >= 0.3 is 5.97 Å². The predicted octanol–water partition coefficient (Wildman–Crippen LogP) is 5.38. The number of hydrogen-bond donors (Lipinski definition) is 1. The summed E-state index contributed by atoms with van der Waals surface area (Å²) in [5, 5.41) is 9.57. The summed E-state index contributed by atoms with van der Waals surface area (Å²) in [5.41, 5.74) is 0.566. The SMILES string of the molecule is COc1cc(O[Si](C)(C)C(C)(C)C(C)C)c(C)c(C(=O)O)c1Cl. The summed E-state index contributed by atoms with van der Waals surface area (Å²) in [5.74, 6) is 0.210. The summed E-state index contributed by atoms with van der Waals surface area (Å²) in [6.45, 7) is 14.8. The van der Waals surface area contributed by atoms with Gasteiger partial charge in [0.05, 0.1) is 17.7 Å². The number of carboxylic acids is 1. The van der Waals surface area contributed by atoms with Crippen molar-refractivity contribution in [3.05, 3.63) is 22.2 Å². The third-order valence-corrected chi connectivity index (χ3v) is 10.0. The zero-order chi connectivity index (χ0) is 18.2. The highest BCUT2D eigenvalue weighted by molar-refractivity contribution is 6.75. The maximum Gasteiger partial charge on any atom is 0.337 e. The average Bonchev–Trinajstić information content (AvgIpc) is 2.41. The first kappa shape index (κ1) is 19.8. The molecule has 130 valence electrons. The summed E-state index contributed by atoms with van der Waals surface area (Å²) in [4.78, 5) is 11.5. The Hall–Kier alpha value is -1.20. The third-order valence-electron chi connectivity index (χ3n) is 5.24. The van der Waals surface area contributed by atoms with Crippen LogP contribution in [0, 0.1) is 12.8 Å². The molecule has 0 heterocycles. The molecule has 0 amide bonds. The Bertz CT molecular complexity index is 609. The molecule has 1 aromatic rings. The number of halogens is 1. The van der Waals surface area contributed by atoms with E-state index in [-0.39, 0.29) is 15.6 Å². The van der Waals surface area contributed by atoms with Crippen molar-refractivity contribution >= 4 is 25.9 Å². The first-order valence-electron chi connectivity index (χ1n) is 7.66. The number of methoxy groups -OCH3 is 1. The molecular formula is C17H27ClO4Si. The minimum Gasteiger partial charge on any atom is -0.543 e. The van der Waals surface area contributed by atoms with E-state index in [0.717, 1.165) is 0 Å². The Morgan fingerprint density at radius 3 is 2.22 bits per heavy atom. The summed E-state index contributed by atoms with van der Waals surface area (Å²) in [6.07, 6.45) is 0. The molecule has 0 spiro atoms. The molecule has 0 saturated carbocycles. The van der Waals surface area contributed by atoms with Crippen LogP contribution in [-0.4, -0.2) is 26.5 Å². The van der Waals surface area contributed by atoms with Gasteiger partial charge in [-0.2, -0.15) is 0 Å². The minimum atomic E-state index is -2.17. The van der Waals surface area contributed by atoms with Crippen molar-refractivity contribution in [3.8, 4) is 11.5 Å². The maximum atomic E-state index is 11.5. The van der Waals surface area contributed by atoms with Crippen LogP contribution in [0.15, 0.2) is 6.07 Å². The van der Waals surface area contributed by atoms with Gasteiger partial charge in [-0.3, -0.25) is 0 Å². The fourth-order valence-corrected chi connectivity index (χ4v) is 5.08. The highest BCUT2D eigenvalue weighted by Gasteiger charge is 2.45. The van der Waals surface area contributed by atoms with Crippen molar-refractivity contribution in [2.24, 2.45) is 5.92 Å². The normalized spacial score (nSPS) is 12.4. The molecule has 0 aliphatic heterocycles. The molecule has 0 saturated heterocycles. The van der Waals surface area contributed by atoms with Crippen LogP contribution in [-0.2, 0) is 0 Å². The Balaban J connectivity index is 3.45. The van der Waals surface area contributed by atoms with Gasteiger partial charge in [-0.1, -0.05) is 39.3 Å². The molecule has 23 heavy (non-hydrogen) atoms. The lowest BCUT2D eigenvalue weighted by molar-refractivity contribution is 0.0695. The van der Waals surface area contributed by atoms with E-state index in [1.165, 1.54) is 7.11 Å². The van der Waals surface area contributed by atoms with E-state index in [1.807, 2.05) is 0 Å². The molecule has 0 aliphatic carbocycles. The fourth-order valence-electron chi connectivity index (χ4n) is 2.31. The lowest BCUT2D eigenvalue weighted by Crippen LogP contribution is -2.48. The van der Waals surface area contributed by atoms with E-state index >= 15 is 0 Å². The van der Waals surface area contributed by atoms with Crippen molar-refractivity contribution in [3.63, 3.8) is 0 Å². The molecule has 0 unspecified atom stereocenters. The standard InChI is InChI=1S/C17H27ClO4Si/c1-10(2)17(4,5)23(7,8)22-12-9-13(21-6)15(18)14(11(12)3)16(19)20/h9-10H,1-8H3,(H,19,20). The average molecular weight is 359 g/mol. The quantitative estimate of drug-likeness (QED) is 0.694. The minimum absolute atomic E-state index is 0.00962. The topological polar surface area (TPSA) is 55.8 Å². The van der Waals surface area contributed by atoms with Crippen molar-refractivity contribution in [2.75, 3.05) is 7.11 Å². The van der Waals surface area contributed by atoms with Gasteiger partial charge in [0.1, 0.15) is 11.5 Å². The monoisotopic (exact) mass is 358 g/mol. The van der Waals surface area contributed by atoms with Crippen LogP contribution in [0.5, 0.6) is 11.5 Å². The lowest BCUT2D eigenvalue weighted by atomic mass is 9.99. The summed E-state index contributed by atoms with van der Waals surface area (Å²) >= 11 is 6.14. The molecule has 0 fully saturated rings. The molecule has 0 radical (unpaired) electrons. The first-order chi connectivity index (χ1) is 10.4. The molecule has 1 N–H and O–H groups in total. The number of benzene rings is 1. The smallest absolute Gasteiger partial charge is 0.337 e. The fraction of sp³-hybridized carbons (Fsp3) is 0.588. The van der Waals surface area contributed by atoms with Crippen molar-refractivity contribution in [1.29, 1.82) is 0 Å². The van der Waals surface area contributed by atoms with Crippen LogP contribution < -0.4 is 9.16 Å². The number of aromatic carboxylic acids is 1. The van der Waals surface area contributed by atoms with Gasteiger partial charge in [0, 0.05) is 11.6 Å². The first-order valence-corrected chi connectivity index (χ1v) is 10.9. The Morgan fingerprint density at radius 2 is 1.83 bits per heavy atom. The van der Waals surface area contributed by atoms with Crippen molar-refractivity contribution in [1.82, 2.24) is 0 Å². The molecule has 0 aliphatic rings. The van der Waals surface area contributed by atoms with E-state index in [1.54, 1.807) is 13.0 Å². The van der Waals surface area contributed by atoms with Gasteiger partial charge < -0.3 is 14.3 Å². The number of rotatable bonds is 6. The van der Waals surface area contributed by atoms with Crippen LogP contribution in [0.1, 0.15) is 43.6 Å². The molecule has 1 aromatic carbocycles. The Morgan fingerprint density at radius 1 is 1.30 bits per heavy atom. The second-order valence-corrected chi connectivity index (χ2v) is 12.1. The van der Waals surface area contributed by atoms with Gasteiger partial charge in [-0.15, -0.1) is 0 Å². The Kier molecular flexibility index (Phi) is 5.81. The molecule has 0 atom stereocenters. The van der Waals surface area contributed by atoms with Gasteiger partial charge in [0.25, 0.3) is 8.32 Å². The maximum absolute atomic E-state index is 11.5. The van der Waals surface area contributed by atoms with Gasteiger partial charge in [-0.25, -0.2) is 4.79 Å².